The minimum Gasteiger partial charge on any atom is -0.388 e. The highest BCUT2D eigenvalue weighted by Crippen LogP contribution is 2.50. The van der Waals surface area contributed by atoms with Crippen molar-refractivity contribution in [3.8, 4) is 0 Å². The number of unbranched alkanes of at least 4 members (excludes halogenated alkanes) is 1. The van der Waals surface area contributed by atoms with E-state index in [4.69, 9.17) is 5.10 Å². The maximum atomic E-state index is 13.6. The number of anilines is 2. The van der Waals surface area contributed by atoms with E-state index in [1.165, 1.54) is 23.1 Å². The van der Waals surface area contributed by atoms with Gasteiger partial charge in [0, 0.05) is 24.0 Å². The first kappa shape index (κ1) is 19.6. The lowest BCUT2D eigenvalue weighted by molar-refractivity contribution is 0.602. The highest BCUT2D eigenvalue weighted by atomic mass is 32.2. The molecule has 0 bridgehead atoms. The van der Waals surface area contributed by atoms with Crippen molar-refractivity contribution in [2.24, 2.45) is 11.8 Å². The summed E-state index contributed by atoms with van der Waals surface area (Å²) in [6.07, 6.45) is 6.61. The Balaban J connectivity index is 1.70. The quantitative estimate of drug-likeness (QED) is 0.568. The van der Waals surface area contributed by atoms with Gasteiger partial charge >= 0.3 is 0 Å². The number of hydrogen-bond acceptors (Lipinski definition) is 4. The molecule has 1 saturated carbocycles. The van der Waals surface area contributed by atoms with Gasteiger partial charge in [-0.25, -0.2) is 0 Å². The third-order valence-corrected chi connectivity index (χ3v) is 7.04. The van der Waals surface area contributed by atoms with Gasteiger partial charge in [0.2, 0.25) is 0 Å². The monoisotopic (exact) mass is 402 g/mol. The van der Waals surface area contributed by atoms with Crippen LogP contribution in [-0.4, -0.2) is 16.2 Å². The first-order valence-corrected chi connectivity index (χ1v) is 11.2. The van der Waals surface area contributed by atoms with E-state index >= 15 is 0 Å². The number of benzene rings is 1. The molecule has 28 heavy (non-hydrogen) atoms. The highest BCUT2D eigenvalue weighted by Gasteiger charge is 2.44. The summed E-state index contributed by atoms with van der Waals surface area (Å²) < 4.78 is 15.2. The Morgan fingerprint density at radius 3 is 2.79 bits per heavy atom. The van der Waals surface area contributed by atoms with Crippen molar-refractivity contribution < 1.29 is 3.89 Å². The predicted molar refractivity (Wildman–Crippen MR) is 117 cm³/mol. The zero-order valence-corrected chi connectivity index (χ0v) is 18.1. The molecular weight excluding hydrogens is 371 g/mol. The molecule has 3 unspecified atom stereocenters. The van der Waals surface area contributed by atoms with Crippen LogP contribution in [0.5, 0.6) is 0 Å². The lowest BCUT2D eigenvalue weighted by atomic mass is 9.92. The van der Waals surface area contributed by atoms with Crippen molar-refractivity contribution in [1.82, 2.24) is 9.19 Å². The van der Waals surface area contributed by atoms with Crippen LogP contribution >= 0.6 is 12.3 Å². The Labute approximate surface area is 172 Å². The maximum Gasteiger partial charge on any atom is 0.187 e. The van der Waals surface area contributed by atoms with E-state index in [9.17, 15) is 3.89 Å². The van der Waals surface area contributed by atoms with Crippen LogP contribution < -0.4 is 10.6 Å². The molecule has 0 radical (unpaired) electrons. The molecule has 1 aromatic carbocycles. The molecule has 152 valence electrons. The molecule has 2 aliphatic rings. The van der Waals surface area contributed by atoms with Gasteiger partial charge in [-0.05, 0) is 74.6 Å². The Morgan fingerprint density at radius 1 is 1.29 bits per heavy atom. The van der Waals surface area contributed by atoms with Crippen LogP contribution in [0, 0.1) is 25.7 Å². The Morgan fingerprint density at radius 2 is 2.07 bits per heavy atom. The molecule has 4 nitrogen and oxygen atoms in total. The SMILES string of the molecule is CCCCC(Nc1cc(NC)cc(C)c1C)c1nn(SF)c2c1CC1CC1C2. The molecule has 2 N–H and O–H groups in total. The zero-order valence-electron chi connectivity index (χ0n) is 17.3. The number of aryl methyl sites for hydroxylation is 1. The van der Waals surface area contributed by atoms with Crippen molar-refractivity contribution in [2.45, 2.75) is 65.3 Å². The van der Waals surface area contributed by atoms with Crippen LogP contribution in [-0.2, 0) is 12.8 Å². The second-order valence-corrected chi connectivity index (χ2v) is 8.96. The molecule has 0 amide bonds. The van der Waals surface area contributed by atoms with Gasteiger partial charge in [-0.15, -0.1) is 3.89 Å². The lowest BCUT2D eigenvalue weighted by Gasteiger charge is -2.23. The fourth-order valence-electron chi connectivity index (χ4n) is 4.59. The van der Waals surface area contributed by atoms with Crippen molar-refractivity contribution in [2.75, 3.05) is 17.7 Å². The van der Waals surface area contributed by atoms with E-state index in [0.717, 1.165) is 66.7 Å². The molecular formula is C22H31FN4S. The summed E-state index contributed by atoms with van der Waals surface area (Å²) in [5.74, 6) is 1.54. The van der Waals surface area contributed by atoms with Crippen molar-refractivity contribution in [1.29, 1.82) is 0 Å². The molecule has 1 heterocycles. The van der Waals surface area contributed by atoms with Crippen LogP contribution in [0.4, 0.5) is 15.3 Å². The molecule has 2 aromatic rings. The number of fused-ring (bicyclic) bond motifs is 2. The summed E-state index contributed by atoms with van der Waals surface area (Å²) in [4.78, 5) is 0. The van der Waals surface area contributed by atoms with Crippen LogP contribution in [0.2, 0.25) is 0 Å². The first-order chi connectivity index (χ1) is 13.5. The molecule has 3 atom stereocenters. The summed E-state index contributed by atoms with van der Waals surface area (Å²) in [6, 6.07) is 4.46. The van der Waals surface area contributed by atoms with Gasteiger partial charge in [0.25, 0.3) is 0 Å². The Bertz CT molecular complexity index is 863. The minimum absolute atomic E-state index is 0.114. The number of nitrogens with one attached hydrogen (secondary N) is 2. The van der Waals surface area contributed by atoms with Crippen molar-refractivity contribution >= 4 is 23.7 Å². The predicted octanol–water partition coefficient (Wildman–Crippen LogP) is 6.00. The van der Waals surface area contributed by atoms with Gasteiger partial charge in [0.15, 0.2) is 12.3 Å². The fraction of sp³-hybridized carbons (Fsp3) is 0.591. The van der Waals surface area contributed by atoms with Crippen LogP contribution in [0.15, 0.2) is 12.1 Å². The number of nitrogens with zero attached hydrogens (tertiary/aromatic N) is 2. The van der Waals surface area contributed by atoms with E-state index in [-0.39, 0.29) is 18.4 Å². The van der Waals surface area contributed by atoms with E-state index < -0.39 is 0 Å². The van der Waals surface area contributed by atoms with E-state index in [1.807, 2.05) is 7.05 Å². The topological polar surface area (TPSA) is 41.9 Å². The van der Waals surface area contributed by atoms with Crippen LogP contribution in [0.1, 0.15) is 66.7 Å². The molecule has 0 spiro atoms. The minimum atomic E-state index is 0.114. The molecule has 1 fully saturated rings. The molecule has 0 saturated heterocycles. The normalized spacial score (nSPS) is 21.0. The van der Waals surface area contributed by atoms with Gasteiger partial charge in [-0.3, -0.25) is 0 Å². The number of aromatic nitrogens is 2. The standard InChI is InChI=1S/C22H31FN4S/c1-5-6-7-19(25-20-12-17(24-4)8-13(2)14(20)3)22-18-10-15-9-16(15)11-21(18)27(26-22)28-23/h8,12,15-16,19,24-25H,5-7,9-11H2,1-4H3. The van der Waals surface area contributed by atoms with Crippen LogP contribution in [0.3, 0.4) is 0 Å². The zero-order chi connectivity index (χ0) is 19.8. The summed E-state index contributed by atoms with van der Waals surface area (Å²) in [6.45, 7) is 6.52. The summed E-state index contributed by atoms with van der Waals surface area (Å²) in [5, 5.41) is 11.8. The van der Waals surface area contributed by atoms with Gasteiger partial charge in [0.05, 0.1) is 17.4 Å². The third kappa shape index (κ3) is 3.63. The Hall–Kier alpha value is -1.69. The van der Waals surface area contributed by atoms with Gasteiger partial charge in [-0.2, -0.15) is 9.19 Å². The molecule has 6 heteroatoms. The third-order valence-electron chi connectivity index (χ3n) is 6.61. The summed E-state index contributed by atoms with van der Waals surface area (Å²) in [7, 11) is 1.95. The lowest BCUT2D eigenvalue weighted by Crippen LogP contribution is -2.16. The van der Waals surface area contributed by atoms with E-state index in [1.54, 1.807) is 4.09 Å². The summed E-state index contributed by atoms with van der Waals surface area (Å²) >= 11 is 0.252. The van der Waals surface area contributed by atoms with Crippen LogP contribution in [0.25, 0.3) is 0 Å². The summed E-state index contributed by atoms with van der Waals surface area (Å²) in [5.41, 5.74) is 8.24. The number of halogens is 1. The van der Waals surface area contributed by atoms with Gasteiger partial charge < -0.3 is 10.6 Å². The average molecular weight is 403 g/mol. The second kappa shape index (κ2) is 7.97. The first-order valence-electron chi connectivity index (χ1n) is 10.5. The average Bonchev–Trinajstić information content (AvgIpc) is 3.38. The molecule has 1 aromatic heterocycles. The molecule has 4 rings (SSSR count). The highest BCUT2D eigenvalue weighted by molar-refractivity contribution is 7.92. The second-order valence-electron chi connectivity index (χ2n) is 8.47. The number of hydrogen-bond donors (Lipinski definition) is 2. The smallest absolute Gasteiger partial charge is 0.187 e. The van der Waals surface area contributed by atoms with Crippen molar-refractivity contribution in [3.05, 3.63) is 40.2 Å². The maximum absolute atomic E-state index is 13.6. The Kier molecular flexibility index (Phi) is 5.59. The van der Waals surface area contributed by atoms with Gasteiger partial charge in [-0.1, -0.05) is 19.8 Å². The fourth-order valence-corrected chi connectivity index (χ4v) is 4.98. The number of rotatable bonds is 8. The van der Waals surface area contributed by atoms with E-state index in [0.29, 0.717) is 0 Å². The van der Waals surface area contributed by atoms with Gasteiger partial charge in [0.1, 0.15) is 0 Å². The van der Waals surface area contributed by atoms with E-state index in [2.05, 4.69) is 43.5 Å². The molecule has 0 aliphatic heterocycles. The largest absolute Gasteiger partial charge is 0.388 e. The van der Waals surface area contributed by atoms with Crippen molar-refractivity contribution in [3.63, 3.8) is 0 Å². The molecule has 2 aliphatic carbocycles.